The van der Waals surface area contributed by atoms with Crippen molar-refractivity contribution < 1.29 is 27.7 Å². The van der Waals surface area contributed by atoms with Crippen LogP contribution in [-0.2, 0) is 5.41 Å². The van der Waals surface area contributed by atoms with Crippen molar-refractivity contribution in [1.29, 1.82) is 0 Å². The largest absolute Gasteiger partial charge is 0.456 e. The van der Waals surface area contributed by atoms with Gasteiger partial charge in [-0.05, 0) is 53.2 Å². The van der Waals surface area contributed by atoms with Crippen LogP contribution in [-0.4, -0.2) is 15.0 Å². The quantitative estimate of drug-likeness (QED) is 0.211. The van der Waals surface area contributed by atoms with Crippen molar-refractivity contribution in [2.75, 3.05) is 0 Å². The zero-order chi connectivity index (χ0) is 43.4. The smallest absolute Gasteiger partial charge is 0.164 e. The predicted octanol–water partition coefficient (Wildman–Crippen LogP) is 10.0. The molecule has 0 radical (unpaired) electrons. The zero-order valence-electron chi connectivity index (χ0n) is 39.2. The average Bonchev–Trinajstić information content (AvgIpc) is 3.77. The average molecular weight is 573 g/mol. The number of rotatable bonds is 3. The second-order valence-electron chi connectivity index (χ2n) is 10.1. The number of fused-ring (bicyclic) bond motifs is 8. The fourth-order valence-electron chi connectivity index (χ4n) is 5.74. The minimum Gasteiger partial charge on any atom is -0.456 e. The van der Waals surface area contributed by atoms with E-state index in [4.69, 9.17) is 28.1 Å². The molecular weight excluding hydrogens is 526 g/mol. The Morgan fingerprint density at radius 3 is 2.21 bits per heavy atom. The van der Waals surface area contributed by atoms with Gasteiger partial charge in [0.1, 0.15) is 11.2 Å². The fraction of sp³-hybridized carbons (Fsp3) is 0.154. The molecule has 7 aromatic rings. The lowest BCUT2D eigenvalue weighted by atomic mass is 9.67. The Morgan fingerprint density at radius 2 is 1.33 bits per heavy atom. The monoisotopic (exact) mass is 572 g/mol. The van der Waals surface area contributed by atoms with Gasteiger partial charge in [0.2, 0.25) is 0 Å². The topological polar surface area (TPSA) is 51.8 Å². The molecule has 1 fully saturated rings. The van der Waals surface area contributed by atoms with Gasteiger partial charge in [-0.2, -0.15) is 0 Å². The Labute approximate surface area is 274 Å². The summed E-state index contributed by atoms with van der Waals surface area (Å²) >= 11 is 0. The third kappa shape index (κ3) is 3.72. The molecule has 0 N–H and O–H groups in total. The molecule has 2 heterocycles. The van der Waals surface area contributed by atoms with Crippen LogP contribution in [0.25, 0.3) is 67.2 Å². The molecule has 2 aromatic heterocycles. The van der Waals surface area contributed by atoms with Crippen LogP contribution in [0.15, 0.2) is 120 Å². The summed E-state index contributed by atoms with van der Waals surface area (Å²) in [5, 5.41) is 1.29. The van der Waals surface area contributed by atoms with E-state index in [1.807, 2.05) is 12.1 Å². The summed E-state index contributed by atoms with van der Waals surface area (Å²) in [5.41, 5.74) is -5.83. The molecule has 9 rings (SSSR count). The molecule has 0 amide bonds. The Bertz CT molecular complexity index is 2990. The van der Waals surface area contributed by atoms with Gasteiger partial charge in [0.05, 0.1) is 9.60 Å². The maximum atomic E-state index is 9.86. The summed E-state index contributed by atoms with van der Waals surface area (Å²) in [6, 6.07) is 14.1. The maximum Gasteiger partial charge on any atom is 0.164 e. The lowest BCUT2D eigenvalue weighted by Gasteiger charge is -2.36. The maximum absolute atomic E-state index is 9.86. The highest BCUT2D eigenvalue weighted by molar-refractivity contribution is 6.11. The molecule has 0 unspecified atom stereocenters. The van der Waals surface area contributed by atoms with Crippen LogP contribution in [0.4, 0.5) is 0 Å². The molecule has 0 atom stereocenters. The van der Waals surface area contributed by atoms with Gasteiger partial charge in [-0.1, -0.05) is 116 Å². The van der Waals surface area contributed by atoms with Crippen LogP contribution in [0.5, 0.6) is 0 Å². The van der Waals surface area contributed by atoms with E-state index in [0.29, 0.717) is 33.1 Å². The summed E-state index contributed by atoms with van der Waals surface area (Å²) in [4.78, 5) is 14.1. The number of hydrogen-bond donors (Lipinski definition) is 0. The summed E-state index contributed by atoms with van der Waals surface area (Å²) in [6.45, 7) is 0. The third-order valence-electron chi connectivity index (χ3n) is 7.66. The van der Waals surface area contributed by atoms with Crippen molar-refractivity contribution in [1.82, 2.24) is 15.0 Å². The molecule has 4 heteroatoms. The van der Waals surface area contributed by atoms with Crippen molar-refractivity contribution in [3.63, 3.8) is 0 Å². The number of benzene rings is 5. The number of hydrogen-bond acceptors (Lipinski definition) is 4. The van der Waals surface area contributed by atoms with Gasteiger partial charge in [-0.3, -0.25) is 0 Å². The van der Waals surface area contributed by atoms with Crippen molar-refractivity contribution in [2.24, 2.45) is 0 Å². The minimum absolute atomic E-state index is 0.00741. The first-order valence-corrected chi connectivity index (χ1v) is 13.5. The van der Waals surface area contributed by atoms with Gasteiger partial charge in [-0.15, -0.1) is 0 Å². The molecule has 0 aliphatic heterocycles. The molecule has 0 bridgehead atoms. The first kappa shape index (κ1) is 13.0. The molecule has 206 valence electrons. The normalized spacial score (nSPS) is 26.7. The minimum atomic E-state index is -3.98. The van der Waals surface area contributed by atoms with Gasteiger partial charge in [-0.25, -0.2) is 15.0 Å². The molecule has 1 spiro atoms. The van der Waals surface area contributed by atoms with E-state index < -0.39 is 113 Å². The highest BCUT2D eigenvalue weighted by Crippen LogP contribution is 2.56. The Kier molecular flexibility index (Phi) is 2.87. The molecule has 2 aliphatic carbocycles. The van der Waals surface area contributed by atoms with Crippen LogP contribution in [0.3, 0.4) is 0 Å². The lowest BCUT2D eigenvalue weighted by molar-refractivity contribution is 0.353. The third-order valence-corrected chi connectivity index (χ3v) is 7.66. The molecule has 4 nitrogen and oxygen atoms in total. The summed E-state index contributed by atoms with van der Waals surface area (Å²) in [5.74, 6) is -0.462. The second-order valence-corrected chi connectivity index (χ2v) is 10.1. The first-order valence-electron chi connectivity index (χ1n) is 22.0. The van der Waals surface area contributed by atoms with E-state index in [9.17, 15) is 9.60 Å². The van der Waals surface area contributed by atoms with Crippen LogP contribution in [0, 0.1) is 0 Å². The summed E-state index contributed by atoms with van der Waals surface area (Å²) in [7, 11) is 0. The lowest BCUT2D eigenvalue weighted by Crippen LogP contribution is -2.28. The van der Waals surface area contributed by atoms with Gasteiger partial charge < -0.3 is 4.42 Å². The Hall–Kier alpha value is -5.09. The second kappa shape index (κ2) is 9.47. The van der Waals surface area contributed by atoms with Gasteiger partial charge in [0.15, 0.2) is 17.5 Å². The van der Waals surface area contributed by atoms with Crippen LogP contribution in [0.2, 0.25) is 0 Å². The number of furan rings is 1. The van der Waals surface area contributed by atoms with E-state index in [2.05, 4.69) is 4.98 Å². The zero-order valence-corrected chi connectivity index (χ0v) is 22.2. The van der Waals surface area contributed by atoms with Crippen molar-refractivity contribution in [2.45, 2.75) is 37.3 Å². The molecule has 43 heavy (non-hydrogen) atoms. The SMILES string of the molecule is [2H]c1c([2H])c([2H])c2c(c1[2H])-c1c([2H])c([2H])c(-c3nc(-c4ccccc4)nc(-c4cccc5oc6ccccc6c45)n3)c([2H])c1C21C([2H])([2H])C([2H])([2H])C([2H])([2H])C([2H])([2H])C1([2H])[2H]. The predicted molar refractivity (Wildman–Crippen MR) is 173 cm³/mol. The first-order chi connectivity index (χ1) is 28.0. The summed E-state index contributed by atoms with van der Waals surface area (Å²) < 4.78 is 161. The molecule has 2 aliphatic rings. The Morgan fingerprint density at radius 1 is 0.605 bits per heavy atom. The van der Waals surface area contributed by atoms with Crippen molar-refractivity contribution in [3.05, 3.63) is 126 Å². The van der Waals surface area contributed by atoms with Gasteiger partial charge in [0.25, 0.3) is 0 Å². The van der Waals surface area contributed by atoms with E-state index in [0.717, 1.165) is 0 Å². The standard InChI is InChI=1S/C39H29N3O/c1-3-12-25(13-4-1)36-40-37(42-38(41-36)30-16-11-19-34-35(30)29-15-6-8-18-33(29)43-34)26-20-21-28-27-14-5-7-17-31(27)39(32(28)24-26)22-9-2-10-23-39/h1,3-8,11-21,24H,2,9-10,22-23H2/i2D2,5D,7D,9D2,10D2,14D,17D,20D,21D,22D2,23D2,24D. The van der Waals surface area contributed by atoms with Gasteiger partial charge in [0, 0.05) is 46.6 Å². The van der Waals surface area contributed by atoms with Crippen LogP contribution in [0.1, 0.15) is 66.3 Å². The van der Waals surface area contributed by atoms with Crippen LogP contribution < -0.4 is 0 Å². The number of nitrogens with zero attached hydrogens (tertiary/aromatic N) is 3. The van der Waals surface area contributed by atoms with Crippen molar-refractivity contribution in [3.8, 4) is 45.3 Å². The summed E-state index contributed by atoms with van der Waals surface area (Å²) in [6.07, 6.45) is -19.8. The van der Waals surface area contributed by atoms with Crippen LogP contribution >= 0.6 is 0 Å². The van der Waals surface area contributed by atoms with E-state index in [-0.39, 0.29) is 11.6 Å². The fourth-order valence-corrected chi connectivity index (χ4v) is 5.74. The number of para-hydroxylation sites is 1. The van der Waals surface area contributed by atoms with E-state index in [1.54, 1.807) is 60.7 Å². The molecular formula is C39H29N3O. The van der Waals surface area contributed by atoms with Crippen molar-refractivity contribution >= 4 is 21.9 Å². The molecule has 0 saturated heterocycles. The van der Waals surface area contributed by atoms with E-state index in [1.165, 1.54) is 0 Å². The van der Waals surface area contributed by atoms with E-state index >= 15 is 0 Å². The molecule has 1 saturated carbocycles. The number of aromatic nitrogens is 3. The van der Waals surface area contributed by atoms with Gasteiger partial charge >= 0.3 is 0 Å². The molecule has 5 aromatic carbocycles. The Balaban J connectivity index is 1.46. The highest BCUT2D eigenvalue weighted by atomic mass is 16.3. The highest BCUT2D eigenvalue weighted by Gasteiger charge is 2.43.